The summed E-state index contributed by atoms with van der Waals surface area (Å²) >= 11 is 0. The maximum absolute atomic E-state index is 6.81. The Labute approximate surface area is 371 Å². The van der Waals surface area contributed by atoms with E-state index >= 15 is 0 Å². The lowest BCUT2D eigenvalue weighted by Crippen LogP contribution is -2.28. The Hall–Kier alpha value is -8.40. The topological polar surface area (TPSA) is 21.3 Å². The maximum Gasteiger partial charge on any atom is 0.159 e. The highest BCUT2D eigenvalue weighted by Crippen LogP contribution is 2.57. The van der Waals surface area contributed by atoms with Crippen molar-refractivity contribution in [1.29, 1.82) is 0 Å². The summed E-state index contributed by atoms with van der Waals surface area (Å²) in [4.78, 5) is 2.39. The average molecular weight is 817 g/mol. The number of anilines is 3. The molecule has 3 nitrogen and oxygen atoms in total. The number of nitrogens with zero attached hydrogens (tertiary/aromatic N) is 2. The van der Waals surface area contributed by atoms with E-state index in [1.807, 2.05) is 6.07 Å². The van der Waals surface area contributed by atoms with Gasteiger partial charge in [-0.25, -0.2) is 0 Å². The summed E-state index contributed by atoms with van der Waals surface area (Å²) in [5.41, 5.74) is 17.6. The van der Waals surface area contributed by atoms with Crippen molar-refractivity contribution in [3.63, 3.8) is 0 Å². The second-order valence-electron chi connectivity index (χ2n) is 16.8. The maximum atomic E-state index is 6.81. The fourth-order valence-electron chi connectivity index (χ4n) is 10.8. The largest absolute Gasteiger partial charge is 0.454 e. The van der Waals surface area contributed by atoms with E-state index in [0.29, 0.717) is 0 Å². The van der Waals surface area contributed by atoms with Crippen molar-refractivity contribution in [1.82, 2.24) is 4.57 Å². The molecule has 3 heteroatoms. The lowest BCUT2D eigenvalue weighted by molar-refractivity contribution is 0.669. The Morgan fingerprint density at radius 1 is 0.375 bits per heavy atom. The fourth-order valence-corrected chi connectivity index (χ4v) is 10.8. The highest BCUT2D eigenvalue weighted by atomic mass is 16.3. The quantitative estimate of drug-likeness (QED) is 0.160. The number of furan rings is 1. The van der Waals surface area contributed by atoms with Crippen molar-refractivity contribution < 1.29 is 4.42 Å². The van der Waals surface area contributed by atoms with E-state index in [1.165, 1.54) is 55.2 Å². The molecular weight excluding hydrogens is 777 g/mol. The number of fused-ring (bicyclic) bond motifs is 9. The zero-order chi connectivity index (χ0) is 42.2. The summed E-state index contributed by atoms with van der Waals surface area (Å²) < 4.78 is 9.22. The van der Waals surface area contributed by atoms with Crippen molar-refractivity contribution in [3.05, 3.63) is 265 Å². The fraction of sp³-hybridized carbons (Fsp3) is 0.0164. The van der Waals surface area contributed by atoms with Crippen LogP contribution in [-0.2, 0) is 5.41 Å². The molecule has 0 fully saturated rings. The molecule has 12 aromatic rings. The van der Waals surface area contributed by atoms with E-state index in [2.05, 4.69) is 246 Å². The molecule has 0 radical (unpaired) electrons. The molecule has 64 heavy (non-hydrogen) atoms. The molecule has 2 aromatic heterocycles. The summed E-state index contributed by atoms with van der Waals surface area (Å²) in [6.07, 6.45) is 0. The van der Waals surface area contributed by atoms with Crippen molar-refractivity contribution in [3.8, 4) is 27.9 Å². The van der Waals surface area contributed by atoms with Gasteiger partial charge in [0.25, 0.3) is 0 Å². The van der Waals surface area contributed by atoms with Crippen LogP contribution < -0.4 is 4.90 Å². The van der Waals surface area contributed by atoms with Gasteiger partial charge in [-0.05, 0) is 93.5 Å². The zero-order valence-electron chi connectivity index (χ0n) is 34.9. The van der Waals surface area contributed by atoms with Gasteiger partial charge in [0.2, 0.25) is 0 Å². The van der Waals surface area contributed by atoms with Gasteiger partial charge in [-0.1, -0.05) is 188 Å². The number of hydrogen-bond donors (Lipinski definition) is 0. The third-order valence-corrected chi connectivity index (χ3v) is 13.5. The number of para-hydroxylation sites is 5. The van der Waals surface area contributed by atoms with Gasteiger partial charge in [0.05, 0.1) is 27.8 Å². The van der Waals surface area contributed by atoms with E-state index in [0.717, 1.165) is 55.8 Å². The third-order valence-electron chi connectivity index (χ3n) is 13.5. The minimum atomic E-state index is -0.540. The molecule has 0 saturated heterocycles. The molecule has 1 aliphatic carbocycles. The lowest BCUT2D eigenvalue weighted by atomic mass is 9.67. The first-order chi connectivity index (χ1) is 31.8. The van der Waals surface area contributed by atoms with Crippen LogP contribution in [-0.4, -0.2) is 4.57 Å². The molecule has 0 saturated carbocycles. The number of hydrogen-bond acceptors (Lipinski definition) is 2. The predicted molar refractivity (Wildman–Crippen MR) is 265 cm³/mol. The molecule has 0 unspecified atom stereocenters. The van der Waals surface area contributed by atoms with Crippen LogP contribution in [0.3, 0.4) is 0 Å². The van der Waals surface area contributed by atoms with E-state index in [1.54, 1.807) is 0 Å². The summed E-state index contributed by atoms with van der Waals surface area (Å²) in [6, 6.07) is 88.2. The monoisotopic (exact) mass is 816 g/mol. The van der Waals surface area contributed by atoms with Crippen LogP contribution in [0.5, 0.6) is 0 Å². The molecule has 0 amide bonds. The van der Waals surface area contributed by atoms with Crippen molar-refractivity contribution in [2.45, 2.75) is 5.41 Å². The van der Waals surface area contributed by atoms with Crippen molar-refractivity contribution in [2.24, 2.45) is 0 Å². The van der Waals surface area contributed by atoms with Gasteiger partial charge in [0.1, 0.15) is 5.58 Å². The molecule has 0 N–H and O–H groups in total. The molecule has 1 aliphatic rings. The summed E-state index contributed by atoms with van der Waals surface area (Å²) in [5, 5.41) is 4.69. The molecule has 0 spiro atoms. The third kappa shape index (κ3) is 5.28. The van der Waals surface area contributed by atoms with Gasteiger partial charge in [0.15, 0.2) is 5.58 Å². The molecule has 2 heterocycles. The van der Waals surface area contributed by atoms with Gasteiger partial charge < -0.3 is 13.9 Å². The van der Waals surface area contributed by atoms with E-state index < -0.39 is 5.41 Å². The van der Waals surface area contributed by atoms with Gasteiger partial charge in [0, 0.05) is 38.5 Å². The number of aromatic nitrogens is 1. The SMILES string of the molecule is c1ccc(C2(c3ccccc3)c3ccccc3-c3ccc(N(c4ccc(-c5ccccc5-n5c6ccccc6c6ccccc65)cc4)c4cccc5c4oc4ccccc45)cc32)cc1. The Morgan fingerprint density at radius 2 is 0.922 bits per heavy atom. The minimum Gasteiger partial charge on any atom is -0.454 e. The molecule has 0 atom stereocenters. The van der Waals surface area contributed by atoms with Crippen LogP contribution in [0.25, 0.3) is 71.7 Å². The van der Waals surface area contributed by atoms with E-state index in [-0.39, 0.29) is 0 Å². The van der Waals surface area contributed by atoms with Gasteiger partial charge >= 0.3 is 0 Å². The first kappa shape index (κ1) is 36.3. The molecular formula is C61H40N2O. The predicted octanol–water partition coefficient (Wildman–Crippen LogP) is 16.2. The standard InChI is InChI=1S/C61H40N2O/c1-3-18-42(19-4-1)61(43-20-5-2-6-21-43)53-28-12-7-23-47(53)48-39-38-45(40-54(48)61)62(58-32-17-27-52-51-26-11-16-33-59(51)64-60(52)58)44-36-34-41(35-37-44)46-22-8-13-29-55(46)63-56-30-14-9-24-49(56)50-25-10-15-31-57(50)63/h1-40H. The van der Waals surface area contributed by atoms with E-state index in [4.69, 9.17) is 4.42 Å². The van der Waals surface area contributed by atoms with Crippen LogP contribution in [0, 0.1) is 0 Å². The Kier molecular flexibility index (Phi) is 8.13. The second kappa shape index (κ2) is 14.3. The Balaban J connectivity index is 1.03. The summed E-state index contributed by atoms with van der Waals surface area (Å²) in [5.74, 6) is 0. The Bertz CT molecular complexity index is 3640. The second-order valence-corrected chi connectivity index (χ2v) is 16.8. The van der Waals surface area contributed by atoms with Crippen LogP contribution in [0.1, 0.15) is 22.3 Å². The molecule has 10 aromatic carbocycles. The number of benzene rings is 10. The molecule has 300 valence electrons. The minimum absolute atomic E-state index is 0.540. The van der Waals surface area contributed by atoms with E-state index in [9.17, 15) is 0 Å². The summed E-state index contributed by atoms with van der Waals surface area (Å²) in [6.45, 7) is 0. The van der Waals surface area contributed by atoms with Crippen LogP contribution in [0.4, 0.5) is 17.1 Å². The van der Waals surface area contributed by atoms with Crippen molar-refractivity contribution in [2.75, 3.05) is 4.90 Å². The van der Waals surface area contributed by atoms with Crippen LogP contribution in [0.2, 0.25) is 0 Å². The van der Waals surface area contributed by atoms with Crippen LogP contribution >= 0.6 is 0 Å². The molecule has 0 aliphatic heterocycles. The highest BCUT2D eigenvalue weighted by Gasteiger charge is 2.46. The van der Waals surface area contributed by atoms with Gasteiger partial charge in [-0.15, -0.1) is 0 Å². The van der Waals surface area contributed by atoms with Crippen molar-refractivity contribution >= 4 is 60.8 Å². The molecule has 0 bridgehead atoms. The first-order valence-electron chi connectivity index (χ1n) is 22.0. The first-order valence-corrected chi connectivity index (χ1v) is 22.0. The normalized spacial score (nSPS) is 12.8. The lowest BCUT2D eigenvalue weighted by Gasteiger charge is -2.35. The van der Waals surface area contributed by atoms with Gasteiger partial charge in [-0.3, -0.25) is 0 Å². The zero-order valence-corrected chi connectivity index (χ0v) is 34.9. The summed E-state index contributed by atoms with van der Waals surface area (Å²) in [7, 11) is 0. The van der Waals surface area contributed by atoms with Crippen LogP contribution in [0.15, 0.2) is 247 Å². The molecule has 13 rings (SSSR count). The highest BCUT2D eigenvalue weighted by molar-refractivity contribution is 6.11. The smallest absolute Gasteiger partial charge is 0.159 e. The average Bonchev–Trinajstić information content (AvgIpc) is 4.02. The Morgan fingerprint density at radius 3 is 1.64 bits per heavy atom. The number of rotatable bonds is 7. The van der Waals surface area contributed by atoms with Gasteiger partial charge in [-0.2, -0.15) is 0 Å².